The summed E-state index contributed by atoms with van der Waals surface area (Å²) in [4.78, 5) is 4.07. The van der Waals surface area contributed by atoms with E-state index in [2.05, 4.69) is 15.6 Å². The van der Waals surface area contributed by atoms with Crippen LogP contribution in [0.3, 0.4) is 0 Å². The minimum atomic E-state index is -3.96. The highest BCUT2D eigenvalue weighted by Gasteiger charge is 2.26. The number of aromatic nitrogens is 1. The lowest BCUT2D eigenvalue weighted by atomic mass is 10.2. The molecule has 0 radical (unpaired) electrons. The van der Waals surface area contributed by atoms with Crippen LogP contribution in [-0.2, 0) is 29.7 Å². The van der Waals surface area contributed by atoms with Gasteiger partial charge >= 0.3 is 0 Å². The van der Waals surface area contributed by atoms with E-state index in [0.29, 0.717) is 38.5 Å². The zero-order chi connectivity index (χ0) is 27.1. The second kappa shape index (κ2) is 12.6. The molecular formula is C27H23Cl2FN4O2S2. The van der Waals surface area contributed by atoms with E-state index >= 15 is 0 Å². The number of anilines is 1. The van der Waals surface area contributed by atoms with Crippen molar-refractivity contribution in [1.29, 1.82) is 0 Å². The van der Waals surface area contributed by atoms with Gasteiger partial charge in [-0.2, -0.15) is 4.31 Å². The Morgan fingerprint density at radius 3 is 2.24 bits per heavy atom. The summed E-state index contributed by atoms with van der Waals surface area (Å²) in [5.41, 5.74) is 2.87. The number of halogens is 3. The molecule has 0 fully saturated rings. The van der Waals surface area contributed by atoms with Crippen LogP contribution in [-0.4, -0.2) is 22.8 Å². The maximum Gasteiger partial charge on any atom is 0.243 e. The fraction of sp³-hybridized carbons (Fsp3) is 0.111. The Morgan fingerprint density at radius 1 is 0.895 bits per heavy atom. The lowest BCUT2D eigenvalue weighted by Crippen LogP contribution is -2.30. The predicted octanol–water partition coefficient (Wildman–Crippen LogP) is 6.41. The molecule has 2 N–H and O–H groups in total. The number of nitrogens with one attached hydrogen (secondary N) is 2. The van der Waals surface area contributed by atoms with Crippen molar-refractivity contribution in [3.63, 3.8) is 0 Å². The molecule has 3 aromatic carbocycles. The number of thiocarbonyl (C=S) groups is 1. The third kappa shape index (κ3) is 7.49. The molecule has 0 aliphatic rings. The average Bonchev–Trinajstić information content (AvgIpc) is 2.90. The smallest absolute Gasteiger partial charge is 0.243 e. The first-order valence-corrected chi connectivity index (χ1v) is 14.0. The van der Waals surface area contributed by atoms with Gasteiger partial charge in [0, 0.05) is 47.8 Å². The standard InChI is InChI=1S/C27H23Cl2FN4O2S2/c28-22-4-3-21(26(29)15-22)18-34(17-20-1-5-23(30)6-2-20)38(35,36)25-9-7-24(8-10-25)33-27(37)32-16-19-11-13-31-14-12-19/h1-15H,16-18H2,(H2,32,33,37). The molecule has 0 amide bonds. The molecule has 0 saturated heterocycles. The van der Waals surface area contributed by atoms with Crippen LogP contribution in [0.5, 0.6) is 0 Å². The molecule has 0 unspecified atom stereocenters. The van der Waals surface area contributed by atoms with E-state index in [0.717, 1.165) is 5.56 Å². The maximum atomic E-state index is 13.7. The predicted molar refractivity (Wildman–Crippen MR) is 153 cm³/mol. The average molecular weight is 590 g/mol. The highest BCUT2D eigenvalue weighted by Crippen LogP contribution is 2.27. The van der Waals surface area contributed by atoms with E-state index < -0.39 is 15.8 Å². The molecule has 0 aliphatic heterocycles. The number of benzene rings is 3. The first-order chi connectivity index (χ1) is 18.2. The summed E-state index contributed by atoms with van der Waals surface area (Å²) >= 11 is 17.7. The molecule has 0 atom stereocenters. The highest BCUT2D eigenvalue weighted by molar-refractivity contribution is 7.89. The number of sulfonamides is 1. The summed E-state index contributed by atoms with van der Waals surface area (Å²) in [6, 6.07) is 20.6. The number of rotatable bonds is 9. The topological polar surface area (TPSA) is 74.3 Å². The van der Waals surface area contributed by atoms with E-state index in [1.807, 2.05) is 12.1 Å². The van der Waals surface area contributed by atoms with Crippen LogP contribution in [0.2, 0.25) is 10.0 Å². The van der Waals surface area contributed by atoms with Crippen molar-refractivity contribution in [3.8, 4) is 0 Å². The molecule has 196 valence electrons. The quantitative estimate of drug-likeness (QED) is 0.220. The molecule has 4 aromatic rings. The summed E-state index contributed by atoms with van der Waals surface area (Å²) < 4.78 is 42.1. The maximum absolute atomic E-state index is 13.7. The van der Waals surface area contributed by atoms with Crippen LogP contribution in [0, 0.1) is 5.82 Å². The minimum Gasteiger partial charge on any atom is -0.358 e. The number of pyridine rings is 1. The Kier molecular flexibility index (Phi) is 9.30. The Morgan fingerprint density at radius 2 is 1.58 bits per heavy atom. The van der Waals surface area contributed by atoms with Gasteiger partial charge in [-0.1, -0.05) is 41.4 Å². The Balaban J connectivity index is 1.51. The first-order valence-electron chi connectivity index (χ1n) is 11.4. The largest absolute Gasteiger partial charge is 0.358 e. The summed E-state index contributed by atoms with van der Waals surface area (Å²) in [6.45, 7) is 0.537. The molecule has 1 aromatic heterocycles. The van der Waals surface area contributed by atoms with E-state index in [-0.39, 0.29) is 18.0 Å². The van der Waals surface area contributed by atoms with Crippen molar-refractivity contribution < 1.29 is 12.8 Å². The lowest BCUT2D eigenvalue weighted by molar-refractivity contribution is 0.401. The summed E-state index contributed by atoms with van der Waals surface area (Å²) in [5, 5.41) is 7.34. The first kappa shape index (κ1) is 27.9. The van der Waals surface area contributed by atoms with Crippen molar-refractivity contribution in [2.45, 2.75) is 24.5 Å². The van der Waals surface area contributed by atoms with Gasteiger partial charge in [0.1, 0.15) is 5.82 Å². The van der Waals surface area contributed by atoms with Crippen molar-refractivity contribution in [3.05, 3.63) is 124 Å². The summed E-state index contributed by atoms with van der Waals surface area (Å²) in [6.07, 6.45) is 3.40. The van der Waals surface area contributed by atoms with Crippen molar-refractivity contribution in [1.82, 2.24) is 14.6 Å². The van der Waals surface area contributed by atoms with Crippen LogP contribution in [0.25, 0.3) is 0 Å². The van der Waals surface area contributed by atoms with Crippen molar-refractivity contribution in [2.75, 3.05) is 5.32 Å². The monoisotopic (exact) mass is 588 g/mol. The van der Waals surface area contributed by atoms with Gasteiger partial charge in [-0.05, 0) is 89.6 Å². The van der Waals surface area contributed by atoms with Gasteiger partial charge in [-0.3, -0.25) is 4.98 Å². The molecule has 38 heavy (non-hydrogen) atoms. The Labute approximate surface area is 236 Å². The molecule has 0 aliphatic carbocycles. The molecule has 6 nitrogen and oxygen atoms in total. The van der Waals surface area contributed by atoms with Crippen molar-refractivity contribution in [2.24, 2.45) is 0 Å². The Hall–Kier alpha value is -3.08. The zero-order valence-corrected chi connectivity index (χ0v) is 23.1. The van der Waals surface area contributed by atoms with Crippen molar-refractivity contribution >= 4 is 56.2 Å². The second-order valence-electron chi connectivity index (χ2n) is 8.32. The molecule has 0 bridgehead atoms. The van der Waals surface area contributed by atoms with Crippen LogP contribution in [0.15, 0.2) is 96.2 Å². The third-order valence-corrected chi connectivity index (χ3v) is 8.23. The van der Waals surface area contributed by atoms with E-state index in [9.17, 15) is 12.8 Å². The minimum absolute atomic E-state index is 0.00126. The van der Waals surface area contributed by atoms with Gasteiger partial charge < -0.3 is 10.6 Å². The van der Waals surface area contributed by atoms with Gasteiger partial charge in [-0.25, -0.2) is 12.8 Å². The van der Waals surface area contributed by atoms with Crippen LogP contribution in [0.4, 0.5) is 10.1 Å². The van der Waals surface area contributed by atoms with Gasteiger partial charge in [0.05, 0.1) is 4.90 Å². The normalized spacial score (nSPS) is 11.4. The number of hydrogen-bond donors (Lipinski definition) is 2. The van der Waals surface area contributed by atoms with Crippen LogP contribution < -0.4 is 10.6 Å². The Bertz CT molecular complexity index is 1500. The number of nitrogens with zero attached hydrogens (tertiary/aromatic N) is 2. The second-order valence-corrected chi connectivity index (χ2v) is 11.5. The highest BCUT2D eigenvalue weighted by atomic mass is 35.5. The van der Waals surface area contributed by atoms with Gasteiger partial charge in [0.2, 0.25) is 10.0 Å². The van der Waals surface area contributed by atoms with E-state index in [4.69, 9.17) is 35.4 Å². The molecular weight excluding hydrogens is 566 g/mol. The fourth-order valence-corrected chi connectivity index (χ4v) is 5.64. The molecule has 11 heteroatoms. The third-order valence-electron chi connectivity index (χ3n) is 5.59. The molecule has 0 spiro atoms. The fourth-order valence-electron chi connectivity index (χ4n) is 3.58. The van der Waals surface area contributed by atoms with Gasteiger partial charge in [0.15, 0.2) is 5.11 Å². The molecule has 4 rings (SSSR count). The van der Waals surface area contributed by atoms with Crippen LogP contribution in [0.1, 0.15) is 16.7 Å². The molecule has 0 saturated carbocycles. The van der Waals surface area contributed by atoms with E-state index in [1.165, 1.54) is 28.6 Å². The van der Waals surface area contributed by atoms with Gasteiger partial charge in [0.25, 0.3) is 0 Å². The molecule has 1 heterocycles. The van der Waals surface area contributed by atoms with Crippen LogP contribution >= 0.6 is 35.4 Å². The van der Waals surface area contributed by atoms with E-state index in [1.54, 1.807) is 54.9 Å². The van der Waals surface area contributed by atoms with Gasteiger partial charge in [-0.15, -0.1) is 0 Å². The number of hydrogen-bond acceptors (Lipinski definition) is 4. The SMILES string of the molecule is O=S(=O)(c1ccc(NC(=S)NCc2ccncc2)cc1)N(Cc1ccc(F)cc1)Cc1ccc(Cl)cc1Cl. The summed E-state index contributed by atoms with van der Waals surface area (Å²) in [5.74, 6) is -0.403. The zero-order valence-electron chi connectivity index (χ0n) is 19.9. The lowest BCUT2D eigenvalue weighted by Gasteiger charge is -2.23. The summed E-state index contributed by atoms with van der Waals surface area (Å²) in [7, 11) is -3.96.